The molecule has 0 aromatic heterocycles. The molecule has 0 saturated heterocycles. The fraction of sp³-hybridized carbons (Fsp3) is 1.00. The topological polar surface area (TPSA) is 46.2 Å². The first kappa shape index (κ1) is 27.7. The highest BCUT2D eigenvalue weighted by Crippen LogP contribution is 2.23. The van der Waals surface area contributed by atoms with Crippen LogP contribution in [0.25, 0.3) is 0 Å². The van der Waals surface area contributed by atoms with E-state index >= 15 is 0 Å². The van der Waals surface area contributed by atoms with Crippen molar-refractivity contribution in [3.8, 4) is 0 Å². The maximum absolute atomic E-state index is 6.44. The van der Waals surface area contributed by atoms with Crippen LogP contribution in [0.5, 0.6) is 0 Å². The van der Waals surface area contributed by atoms with Crippen molar-refractivity contribution in [3.63, 3.8) is 0 Å². The molecule has 5 nitrogen and oxygen atoms in total. The average Bonchev–Trinajstić information content (AvgIpc) is 2.53. The molecule has 0 radical (unpaired) electrons. The molecule has 0 amide bonds. The number of hydrogen-bond donors (Lipinski definition) is 0. The summed E-state index contributed by atoms with van der Waals surface area (Å²) in [6.45, 7) is 14.1. The van der Waals surface area contributed by atoms with E-state index in [0.717, 1.165) is 12.5 Å². The lowest BCUT2D eigenvalue weighted by Gasteiger charge is -2.35. The van der Waals surface area contributed by atoms with Gasteiger partial charge in [0, 0.05) is 6.04 Å². The molecule has 0 aliphatic rings. The predicted molar refractivity (Wildman–Crippen MR) is 125 cm³/mol. The average molecular weight is 455 g/mol. The van der Waals surface area contributed by atoms with Gasteiger partial charge in [-0.2, -0.15) is 0 Å². The summed E-state index contributed by atoms with van der Waals surface area (Å²) in [4.78, 5) is 9.48. The Morgan fingerprint density at radius 3 is 1.30 bits per heavy atom. The second kappa shape index (κ2) is 17.5. The van der Waals surface area contributed by atoms with Crippen molar-refractivity contribution >= 4 is 35.9 Å². The number of hydrogen-bond acceptors (Lipinski definition) is 5. The first-order chi connectivity index (χ1) is 12.8. The van der Waals surface area contributed by atoms with Crippen LogP contribution in [0.4, 0.5) is 0 Å². The van der Waals surface area contributed by atoms with Gasteiger partial charge in [0.05, 0.1) is 13.7 Å². The van der Waals surface area contributed by atoms with Gasteiger partial charge in [0.15, 0.2) is 27.1 Å². The van der Waals surface area contributed by atoms with E-state index in [1.165, 1.54) is 51.4 Å². The van der Waals surface area contributed by atoms with Gasteiger partial charge in [0.25, 0.3) is 0 Å². The highest BCUT2D eigenvalue weighted by molar-refractivity contribution is 6.79. The van der Waals surface area contributed by atoms with Crippen molar-refractivity contribution in [2.75, 3.05) is 13.7 Å². The smallest absolute Gasteiger partial charge is 0.420 e. The minimum absolute atomic E-state index is 0.714. The van der Waals surface area contributed by atoms with Crippen LogP contribution in [0.1, 0.15) is 57.8 Å². The quantitative estimate of drug-likeness (QED) is 0.119. The van der Waals surface area contributed by atoms with Gasteiger partial charge in [-0.25, -0.2) is 9.78 Å². The summed E-state index contributed by atoms with van der Waals surface area (Å²) >= 11 is 0. The van der Waals surface area contributed by atoms with Gasteiger partial charge in [-0.3, -0.25) is 0 Å². The molecule has 164 valence electrons. The highest BCUT2D eigenvalue weighted by Gasteiger charge is 2.42. The number of unbranched alkanes of at least 4 members (excludes halogenated alkanes) is 8. The van der Waals surface area contributed by atoms with Crippen molar-refractivity contribution < 1.29 is 22.1 Å². The van der Waals surface area contributed by atoms with Crippen molar-refractivity contribution in [1.82, 2.24) is 0 Å². The second-order valence-corrected chi connectivity index (χ2v) is 19.1. The van der Waals surface area contributed by atoms with E-state index < -0.39 is 35.9 Å². The fourth-order valence-electron chi connectivity index (χ4n) is 3.16. The van der Waals surface area contributed by atoms with Crippen molar-refractivity contribution in [2.45, 2.75) is 103 Å². The molecule has 0 saturated carbocycles. The summed E-state index contributed by atoms with van der Waals surface area (Å²) in [6, 6.07) is 1.02. The zero-order chi connectivity index (χ0) is 20.5. The third-order valence-corrected chi connectivity index (χ3v) is 15.0. The van der Waals surface area contributed by atoms with Crippen LogP contribution in [0, 0.1) is 0 Å². The molecular weight excluding hydrogens is 409 g/mol. The van der Waals surface area contributed by atoms with Gasteiger partial charge in [-0.15, -0.1) is 0 Å². The third kappa shape index (κ3) is 17.3. The minimum atomic E-state index is -2.42. The molecule has 0 atom stereocenters. The minimum Gasteiger partial charge on any atom is -0.420 e. The maximum atomic E-state index is 6.44. The van der Waals surface area contributed by atoms with Crippen molar-refractivity contribution in [2.24, 2.45) is 0 Å². The fourth-order valence-corrected chi connectivity index (χ4v) is 16.0. The molecular formula is C18H46O5Si4. The molecule has 0 heterocycles. The second-order valence-electron chi connectivity index (χ2n) is 8.10. The Balaban J connectivity index is 4.01. The molecule has 0 fully saturated rings. The van der Waals surface area contributed by atoms with Gasteiger partial charge < -0.3 is 12.3 Å². The largest absolute Gasteiger partial charge is 0.468 e. The Hall–Kier alpha value is 0.668. The molecule has 0 spiro atoms. The Morgan fingerprint density at radius 1 is 0.556 bits per heavy atom. The van der Waals surface area contributed by atoms with Crippen molar-refractivity contribution in [1.29, 1.82) is 0 Å². The van der Waals surface area contributed by atoms with Crippen LogP contribution < -0.4 is 0 Å². The molecule has 0 unspecified atom stereocenters. The normalized spacial score (nSPS) is 12.7. The summed E-state index contributed by atoms with van der Waals surface area (Å²) < 4.78 is 19.3. The van der Waals surface area contributed by atoms with Crippen LogP contribution in [-0.4, -0.2) is 49.6 Å². The molecule has 0 aliphatic heterocycles. The summed E-state index contributed by atoms with van der Waals surface area (Å²) in [5.74, 6) is 0. The monoisotopic (exact) mass is 454 g/mol. The van der Waals surface area contributed by atoms with Gasteiger partial charge in [-0.05, 0) is 52.1 Å². The Labute approximate surface area is 174 Å². The molecule has 0 N–H and O–H groups in total. The summed E-state index contributed by atoms with van der Waals surface area (Å²) in [7, 11) is -4.34. The van der Waals surface area contributed by atoms with Crippen molar-refractivity contribution in [3.05, 3.63) is 0 Å². The molecule has 0 aromatic rings. The Morgan fingerprint density at radius 2 is 0.926 bits per heavy atom. The van der Waals surface area contributed by atoms with E-state index in [1.807, 2.05) is 0 Å². The van der Waals surface area contributed by atoms with Crippen LogP contribution in [0.3, 0.4) is 0 Å². The summed E-state index contributed by atoms with van der Waals surface area (Å²) in [5, 5.41) is 0. The lowest BCUT2D eigenvalue weighted by molar-refractivity contribution is -0.272. The predicted octanol–water partition coefficient (Wildman–Crippen LogP) is 5.01. The van der Waals surface area contributed by atoms with Gasteiger partial charge in [0.2, 0.25) is 0 Å². The first-order valence-corrected chi connectivity index (χ1v) is 21.3. The lowest BCUT2D eigenvalue weighted by atomic mass is 10.1. The van der Waals surface area contributed by atoms with Gasteiger partial charge in [0.1, 0.15) is 0 Å². The Kier molecular flexibility index (Phi) is 18.0. The van der Waals surface area contributed by atoms with E-state index in [4.69, 9.17) is 17.2 Å². The van der Waals surface area contributed by atoms with Gasteiger partial charge >= 0.3 is 8.80 Å². The summed E-state index contributed by atoms with van der Waals surface area (Å²) in [5.41, 5.74) is 0. The van der Waals surface area contributed by atoms with E-state index in [9.17, 15) is 0 Å². The standard InChI is InChI=1S/C18H46O5Si4/c1-19-20-17-15-13-11-9-8-10-12-14-16-18-27(21-24(2)3,22-25(4)5)23-26(6)7/h24-26H,8-18H2,1-7H3. The van der Waals surface area contributed by atoms with Crippen LogP contribution in [0.15, 0.2) is 0 Å². The Bertz CT molecular complexity index is 306. The van der Waals surface area contributed by atoms with Crippen LogP contribution in [0.2, 0.25) is 45.3 Å². The lowest BCUT2D eigenvalue weighted by Crippen LogP contribution is -2.53. The van der Waals surface area contributed by atoms with E-state index in [1.54, 1.807) is 7.11 Å². The van der Waals surface area contributed by atoms with Crippen LogP contribution in [-0.2, 0) is 22.1 Å². The van der Waals surface area contributed by atoms with E-state index in [2.05, 4.69) is 44.2 Å². The zero-order valence-electron chi connectivity index (χ0n) is 19.1. The molecule has 27 heavy (non-hydrogen) atoms. The summed E-state index contributed by atoms with van der Waals surface area (Å²) in [6.07, 6.45) is 11.4. The number of rotatable bonds is 19. The van der Waals surface area contributed by atoms with Crippen LogP contribution >= 0.6 is 0 Å². The molecule has 9 heteroatoms. The van der Waals surface area contributed by atoms with E-state index in [-0.39, 0.29) is 0 Å². The van der Waals surface area contributed by atoms with E-state index in [0.29, 0.717) is 6.61 Å². The first-order valence-electron chi connectivity index (χ1n) is 11.0. The zero-order valence-corrected chi connectivity index (χ0v) is 23.5. The molecule has 0 bridgehead atoms. The van der Waals surface area contributed by atoms with Gasteiger partial charge in [-0.1, -0.05) is 44.9 Å². The highest BCUT2D eigenvalue weighted by atomic mass is 28.5. The maximum Gasteiger partial charge on any atom is 0.468 e. The molecule has 0 rings (SSSR count). The SMILES string of the molecule is COOCCCCCCCCCCC[Si](O[SiH](C)C)(O[SiH](C)C)O[SiH](C)C. The molecule has 0 aromatic carbocycles. The molecule has 0 aliphatic carbocycles. The third-order valence-electron chi connectivity index (χ3n) is 4.07.